The average Bonchev–Trinajstić information content (AvgIpc) is 3.13. The van der Waals surface area contributed by atoms with Crippen LogP contribution in [0.1, 0.15) is 5.56 Å². The van der Waals surface area contributed by atoms with Gasteiger partial charge < -0.3 is 30.2 Å². The SMILES string of the molecule is N=C(N)c1ccc(NC(=O)C(O)[C@H]2OCCN(c3ccc4[nH]c(=O)oc4c3)C2=O)cc1. The lowest BCUT2D eigenvalue weighted by atomic mass is 10.1. The minimum absolute atomic E-state index is 0.100. The summed E-state index contributed by atoms with van der Waals surface area (Å²) in [5.41, 5.74) is 7.45. The van der Waals surface area contributed by atoms with E-state index in [0.29, 0.717) is 22.5 Å². The molecule has 6 N–H and O–H groups in total. The second-order valence-electron chi connectivity index (χ2n) is 6.90. The number of H-pyrrole nitrogens is 1. The summed E-state index contributed by atoms with van der Waals surface area (Å²) in [5.74, 6) is -2.14. The van der Waals surface area contributed by atoms with Crippen LogP contribution in [-0.4, -0.2) is 53.1 Å². The van der Waals surface area contributed by atoms with E-state index in [1.165, 1.54) is 23.1 Å². The van der Waals surface area contributed by atoms with Gasteiger partial charge in [0.2, 0.25) is 0 Å². The van der Waals surface area contributed by atoms with Gasteiger partial charge in [0.15, 0.2) is 17.8 Å². The van der Waals surface area contributed by atoms with Gasteiger partial charge in [0.05, 0.1) is 12.1 Å². The van der Waals surface area contributed by atoms with E-state index < -0.39 is 29.8 Å². The zero-order valence-corrected chi connectivity index (χ0v) is 16.1. The number of oxazole rings is 1. The second-order valence-corrected chi connectivity index (χ2v) is 6.90. The number of nitrogens with two attached hydrogens (primary N) is 1. The summed E-state index contributed by atoms with van der Waals surface area (Å²) in [6, 6.07) is 10.9. The molecule has 0 saturated carbocycles. The number of aromatic amines is 1. The summed E-state index contributed by atoms with van der Waals surface area (Å²) in [6.45, 7) is 0.305. The molecule has 160 valence electrons. The van der Waals surface area contributed by atoms with E-state index in [9.17, 15) is 19.5 Å². The number of aliphatic hydroxyl groups excluding tert-OH is 1. The number of nitrogens with zero attached hydrogens (tertiary/aromatic N) is 1. The predicted octanol–water partition coefficient (Wildman–Crippen LogP) is 0.137. The summed E-state index contributed by atoms with van der Waals surface area (Å²) in [4.78, 5) is 40.6. The molecule has 0 spiro atoms. The molecule has 11 heteroatoms. The molecule has 2 atom stereocenters. The number of hydrogen-bond acceptors (Lipinski definition) is 7. The molecule has 1 unspecified atom stereocenters. The normalized spacial score (nSPS) is 17.5. The minimum atomic E-state index is -1.75. The van der Waals surface area contributed by atoms with Gasteiger partial charge in [-0.25, -0.2) is 4.79 Å². The molecule has 1 saturated heterocycles. The highest BCUT2D eigenvalue weighted by Gasteiger charge is 2.39. The fourth-order valence-corrected chi connectivity index (χ4v) is 3.28. The first-order chi connectivity index (χ1) is 14.8. The van der Waals surface area contributed by atoms with E-state index in [-0.39, 0.29) is 24.6 Å². The predicted molar refractivity (Wildman–Crippen MR) is 111 cm³/mol. The molecule has 4 rings (SSSR count). The number of rotatable bonds is 5. The number of amidine groups is 1. The Balaban J connectivity index is 1.48. The lowest BCUT2D eigenvalue weighted by Gasteiger charge is -2.34. The Bertz CT molecular complexity index is 1210. The molecule has 0 radical (unpaired) electrons. The fourth-order valence-electron chi connectivity index (χ4n) is 3.28. The van der Waals surface area contributed by atoms with Crippen LogP contribution in [0.15, 0.2) is 51.7 Å². The van der Waals surface area contributed by atoms with E-state index in [1.54, 1.807) is 24.3 Å². The van der Waals surface area contributed by atoms with Crippen LogP contribution >= 0.6 is 0 Å². The maximum atomic E-state index is 12.9. The summed E-state index contributed by atoms with van der Waals surface area (Å²) >= 11 is 0. The second kappa shape index (κ2) is 8.05. The highest BCUT2D eigenvalue weighted by Crippen LogP contribution is 2.24. The fraction of sp³-hybridized carbons (Fsp3) is 0.200. The highest BCUT2D eigenvalue weighted by atomic mass is 16.5. The number of amides is 2. The summed E-state index contributed by atoms with van der Waals surface area (Å²) < 4.78 is 10.4. The van der Waals surface area contributed by atoms with Crippen molar-refractivity contribution in [3.8, 4) is 0 Å². The number of anilines is 2. The number of benzene rings is 2. The van der Waals surface area contributed by atoms with Gasteiger partial charge in [0, 0.05) is 29.5 Å². The first-order valence-electron chi connectivity index (χ1n) is 9.33. The van der Waals surface area contributed by atoms with Crippen LogP contribution in [0.25, 0.3) is 11.1 Å². The van der Waals surface area contributed by atoms with Crippen molar-refractivity contribution < 1.29 is 23.8 Å². The molecular formula is C20H19N5O6. The van der Waals surface area contributed by atoms with Crippen LogP contribution in [0, 0.1) is 5.41 Å². The molecule has 1 fully saturated rings. The molecule has 1 aliphatic heterocycles. The van der Waals surface area contributed by atoms with E-state index >= 15 is 0 Å². The number of nitrogen functional groups attached to an aromatic ring is 1. The zero-order chi connectivity index (χ0) is 22.1. The van der Waals surface area contributed by atoms with Crippen molar-refractivity contribution >= 4 is 40.1 Å². The van der Waals surface area contributed by atoms with Crippen LogP contribution in [0.3, 0.4) is 0 Å². The van der Waals surface area contributed by atoms with Crippen molar-refractivity contribution in [1.29, 1.82) is 5.41 Å². The third kappa shape index (κ3) is 4.04. The molecule has 0 aliphatic carbocycles. The third-order valence-electron chi connectivity index (χ3n) is 4.86. The molecule has 1 aromatic heterocycles. The maximum Gasteiger partial charge on any atom is 0.417 e. The van der Waals surface area contributed by atoms with E-state index in [2.05, 4.69) is 10.3 Å². The van der Waals surface area contributed by atoms with Crippen LogP contribution in [0.4, 0.5) is 11.4 Å². The maximum absolute atomic E-state index is 12.9. The zero-order valence-electron chi connectivity index (χ0n) is 16.1. The molecule has 31 heavy (non-hydrogen) atoms. The molecule has 2 heterocycles. The summed E-state index contributed by atoms with van der Waals surface area (Å²) in [7, 11) is 0. The number of ether oxygens (including phenoxy) is 1. The van der Waals surface area contributed by atoms with E-state index in [0.717, 1.165) is 0 Å². The van der Waals surface area contributed by atoms with Gasteiger partial charge in [-0.2, -0.15) is 0 Å². The van der Waals surface area contributed by atoms with Crippen molar-refractivity contribution in [1.82, 2.24) is 4.98 Å². The van der Waals surface area contributed by atoms with Crippen LogP contribution in [0.5, 0.6) is 0 Å². The largest absolute Gasteiger partial charge is 0.417 e. The quantitative estimate of drug-likeness (QED) is 0.285. The van der Waals surface area contributed by atoms with E-state index in [1.807, 2.05) is 0 Å². The minimum Gasteiger partial charge on any atom is -0.408 e. The van der Waals surface area contributed by atoms with Crippen LogP contribution < -0.4 is 21.7 Å². The standard InChI is InChI=1S/C20H19N5O6/c21-17(22)10-1-3-11(4-2-10)23-18(27)15(26)16-19(28)25(7-8-30-16)12-5-6-13-14(9-12)31-20(29)24-13/h1-6,9,15-16,26H,7-8H2,(H3,21,22)(H,23,27)(H,24,29)/t15?,16-/m1/s1. The van der Waals surface area contributed by atoms with Gasteiger partial charge in [0.25, 0.3) is 11.8 Å². The Kier molecular flexibility index (Phi) is 5.28. The number of carbonyl (C=O) groups is 2. The van der Waals surface area contributed by atoms with Crippen molar-refractivity contribution in [2.24, 2.45) is 5.73 Å². The number of nitrogens with one attached hydrogen (secondary N) is 3. The number of carbonyl (C=O) groups excluding carboxylic acids is 2. The lowest BCUT2D eigenvalue weighted by Crippen LogP contribution is -2.55. The van der Waals surface area contributed by atoms with Crippen molar-refractivity contribution in [2.45, 2.75) is 12.2 Å². The van der Waals surface area contributed by atoms with Crippen molar-refractivity contribution in [3.05, 3.63) is 58.6 Å². The topological polar surface area (TPSA) is 175 Å². The Morgan fingerprint density at radius 3 is 2.71 bits per heavy atom. The van der Waals surface area contributed by atoms with Gasteiger partial charge >= 0.3 is 5.76 Å². The molecule has 0 bridgehead atoms. The van der Waals surface area contributed by atoms with Gasteiger partial charge in [-0.15, -0.1) is 0 Å². The monoisotopic (exact) mass is 425 g/mol. The Hall–Kier alpha value is -3.96. The van der Waals surface area contributed by atoms with Gasteiger partial charge in [-0.3, -0.25) is 20.0 Å². The van der Waals surface area contributed by atoms with Crippen molar-refractivity contribution in [2.75, 3.05) is 23.4 Å². The van der Waals surface area contributed by atoms with Gasteiger partial charge in [0.1, 0.15) is 5.84 Å². The number of aromatic nitrogens is 1. The highest BCUT2D eigenvalue weighted by molar-refractivity contribution is 6.04. The molecule has 1 aliphatic rings. The molecule has 11 nitrogen and oxygen atoms in total. The molecule has 3 aromatic rings. The van der Waals surface area contributed by atoms with Gasteiger partial charge in [-0.1, -0.05) is 0 Å². The molecule has 2 amide bonds. The Morgan fingerprint density at radius 2 is 2.00 bits per heavy atom. The number of morpholine rings is 1. The summed E-state index contributed by atoms with van der Waals surface area (Å²) in [5, 5.41) is 20.3. The Labute approximate surface area is 174 Å². The summed E-state index contributed by atoms with van der Waals surface area (Å²) in [6.07, 6.45) is -3.16. The number of hydrogen-bond donors (Lipinski definition) is 5. The molecular weight excluding hydrogens is 406 g/mol. The van der Waals surface area contributed by atoms with Crippen molar-refractivity contribution in [3.63, 3.8) is 0 Å². The van der Waals surface area contributed by atoms with E-state index in [4.69, 9.17) is 20.3 Å². The van der Waals surface area contributed by atoms with Crippen LogP contribution in [0.2, 0.25) is 0 Å². The first kappa shape index (κ1) is 20.3. The number of fused-ring (bicyclic) bond motifs is 1. The Morgan fingerprint density at radius 1 is 1.26 bits per heavy atom. The first-order valence-corrected chi connectivity index (χ1v) is 9.33. The van der Waals surface area contributed by atoms with Crippen LogP contribution in [-0.2, 0) is 14.3 Å². The van der Waals surface area contributed by atoms with Gasteiger partial charge in [-0.05, 0) is 36.4 Å². The molecule has 2 aromatic carbocycles. The lowest BCUT2D eigenvalue weighted by molar-refractivity contribution is -0.150. The number of aliphatic hydroxyl groups is 1. The smallest absolute Gasteiger partial charge is 0.408 e. The third-order valence-corrected chi connectivity index (χ3v) is 4.86. The average molecular weight is 425 g/mol.